The minimum atomic E-state index is -0.646. The van der Waals surface area contributed by atoms with E-state index in [2.05, 4.69) is 59.2 Å². The summed E-state index contributed by atoms with van der Waals surface area (Å²) in [5.74, 6) is 1.01. The monoisotopic (exact) mass is 811 g/mol. The number of rotatable bonds is 15. The molecule has 0 bridgehead atoms. The molecule has 3 aromatic rings. The number of ether oxygens (including phenoxy) is 2. The van der Waals surface area contributed by atoms with Crippen LogP contribution in [-0.2, 0) is 9.59 Å². The molecule has 13 nitrogen and oxygen atoms in total. The Bertz CT molecular complexity index is 1990. The van der Waals surface area contributed by atoms with Crippen molar-refractivity contribution in [3.8, 4) is 17.6 Å². The number of likely N-dealkylation sites (N-methyl/N-ethyl adjacent to an activating group) is 1. The van der Waals surface area contributed by atoms with Crippen molar-refractivity contribution in [1.82, 2.24) is 25.4 Å². The molecule has 2 aromatic carbocycles. The van der Waals surface area contributed by atoms with Gasteiger partial charge in [-0.15, -0.1) is 0 Å². The van der Waals surface area contributed by atoms with E-state index in [0.29, 0.717) is 52.8 Å². The molecule has 3 aliphatic rings. The minimum absolute atomic E-state index is 0.143. The number of nitrogens with one attached hydrogen (secondary N) is 2. The van der Waals surface area contributed by atoms with Crippen LogP contribution in [0, 0.1) is 22.2 Å². The SMILES string of the molecule is CCN(C(=O)c1ccc(OCCCCCN2CCN(c3ccc(C(=O)NC4C(C)(C)C(Oc5ccc(C#N)c(Cl)c5)C4(C)C)cn3)CC2)cc1)[C@@H]1CCC(=O)NC1=O. The fourth-order valence-corrected chi connectivity index (χ4v) is 9.08. The first-order chi connectivity index (χ1) is 27.7. The lowest BCUT2D eigenvalue weighted by Crippen LogP contribution is -2.74. The van der Waals surface area contributed by atoms with Crippen molar-refractivity contribution < 1.29 is 28.7 Å². The average Bonchev–Trinajstić information content (AvgIpc) is 3.21. The van der Waals surface area contributed by atoms with E-state index in [4.69, 9.17) is 21.1 Å². The van der Waals surface area contributed by atoms with Gasteiger partial charge in [0.05, 0.1) is 22.8 Å². The Morgan fingerprint density at radius 1 is 0.966 bits per heavy atom. The number of hydrogen-bond acceptors (Lipinski definition) is 10. The zero-order chi connectivity index (χ0) is 41.6. The summed E-state index contributed by atoms with van der Waals surface area (Å²) in [6.07, 6.45) is 5.04. The molecule has 2 saturated heterocycles. The van der Waals surface area contributed by atoms with Gasteiger partial charge in [0.2, 0.25) is 11.8 Å². The third-order valence-electron chi connectivity index (χ3n) is 11.8. The number of carbonyl (C=O) groups excluding carboxylic acids is 4. The van der Waals surface area contributed by atoms with E-state index in [0.717, 1.165) is 57.8 Å². The minimum Gasteiger partial charge on any atom is -0.494 e. The summed E-state index contributed by atoms with van der Waals surface area (Å²) >= 11 is 6.24. The third kappa shape index (κ3) is 9.40. The second-order valence-electron chi connectivity index (χ2n) is 16.5. The highest BCUT2D eigenvalue weighted by Crippen LogP contribution is 2.55. The number of piperidine rings is 1. The molecule has 1 aromatic heterocycles. The van der Waals surface area contributed by atoms with E-state index in [-0.39, 0.29) is 47.1 Å². The fourth-order valence-electron chi connectivity index (χ4n) is 8.87. The number of nitrogens with zero attached hydrogens (tertiary/aromatic N) is 5. The number of piperazine rings is 1. The zero-order valence-electron chi connectivity index (χ0n) is 34.1. The third-order valence-corrected chi connectivity index (χ3v) is 12.1. The highest BCUT2D eigenvalue weighted by Gasteiger charge is 2.64. The van der Waals surface area contributed by atoms with Gasteiger partial charge in [-0.2, -0.15) is 5.26 Å². The van der Waals surface area contributed by atoms with Crippen LogP contribution < -0.4 is 25.0 Å². The molecular formula is C44H54ClN7O6. The van der Waals surface area contributed by atoms with Crippen LogP contribution in [0.2, 0.25) is 5.02 Å². The lowest BCUT2D eigenvalue weighted by molar-refractivity contribution is -0.164. The normalized spacial score (nSPS) is 21.3. The van der Waals surface area contributed by atoms with Crippen LogP contribution in [0.15, 0.2) is 60.8 Å². The summed E-state index contributed by atoms with van der Waals surface area (Å²) in [5, 5.41) is 15.1. The molecule has 1 saturated carbocycles. The Hall–Kier alpha value is -5.19. The molecule has 14 heteroatoms. The lowest BCUT2D eigenvalue weighted by atomic mass is 9.49. The quantitative estimate of drug-likeness (QED) is 0.141. The number of hydrogen-bond donors (Lipinski definition) is 2. The van der Waals surface area contributed by atoms with Gasteiger partial charge in [0.1, 0.15) is 35.5 Å². The number of imide groups is 1. The van der Waals surface area contributed by atoms with Gasteiger partial charge < -0.3 is 24.6 Å². The summed E-state index contributed by atoms with van der Waals surface area (Å²) < 4.78 is 12.3. The molecule has 308 valence electrons. The number of amides is 4. The Balaban J connectivity index is 0.874. The Kier molecular flexibility index (Phi) is 13.3. The van der Waals surface area contributed by atoms with Crippen LogP contribution in [0.3, 0.4) is 0 Å². The molecule has 0 unspecified atom stereocenters. The zero-order valence-corrected chi connectivity index (χ0v) is 34.8. The van der Waals surface area contributed by atoms with E-state index in [1.165, 1.54) is 4.90 Å². The van der Waals surface area contributed by atoms with E-state index in [1.54, 1.807) is 48.7 Å². The summed E-state index contributed by atoms with van der Waals surface area (Å²) in [5.41, 5.74) is 0.660. The van der Waals surface area contributed by atoms with Gasteiger partial charge in [-0.25, -0.2) is 4.98 Å². The molecular weight excluding hydrogens is 758 g/mol. The van der Waals surface area contributed by atoms with Crippen LogP contribution in [-0.4, -0.2) is 102 Å². The Labute approximate surface area is 346 Å². The van der Waals surface area contributed by atoms with Crippen LogP contribution in [0.1, 0.15) is 93.0 Å². The molecule has 0 radical (unpaired) electrons. The van der Waals surface area contributed by atoms with Gasteiger partial charge in [0, 0.05) is 73.8 Å². The van der Waals surface area contributed by atoms with E-state index >= 15 is 0 Å². The van der Waals surface area contributed by atoms with Gasteiger partial charge in [-0.3, -0.25) is 29.4 Å². The van der Waals surface area contributed by atoms with Crippen molar-refractivity contribution in [1.29, 1.82) is 5.26 Å². The van der Waals surface area contributed by atoms with Crippen LogP contribution in [0.25, 0.3) is 0 Å². The van der Waals surface area contributed by atoms with E-state index in [9.17, 15) is 24.4 Å². The maximum absolute atomic E-state index is 13.4. The lowest BCUT2D eigenvalue weighted by Gasteiger charge is -2.63. The smallest absolute Gasteiger partial charge is 0.254 e. The molecule has 0 spiro atoms. The summed E-state index contributed by atoms with van der Waals surface area (Å²) in [6, 6.07) is 17.1. The predicted octanol–water partition coefficient (Wildman–Crippen LogP) is 5.86. The highest BCUT2D eigenvalue weighted by molar-refractivity contribution is 6.31. The molecule has 3 fully saturated rings. The van der Waals surface area contributed by atoms with Gasteiger partial charge in [0.25, 0.3) is 11.8 Å². The first-order valence-corrected chi connectivity index (χ1v) is 20.6. The van der Waals surface area contributed by atoms with Crippen LogP contribution in [0.4, 0.5) is 5.82 Å². The number of halogens is 1. The maximum Gasteiger partial charge on any atom is 0.254 e. The first-order valence-electron chi connectivity index (χ1n) is 20.2. The number of benzene rings is 2. The van der Waals surface area contributed by atoms with E-state index in [1.807, 2.05) is 19.1 Å². The number of anilines is 1. The molecule has 4 amide bonds. The number of aromatic nitrogens is 1. The van der Waals surface area contributed by atoms with Crippen molar-refractivity contribution in [2.24, 2.45) is 10.8 Å². The topological polar surface area (TPSA) is 157 Å². The van der Waals surface area contributed by atoms with Crippen molar-refractivity contribution in [2.45, 2.75) is 84.9 Å². The first kappa shape index (κ1) is 42.4. The van der Waals surface area contributed by atoms with Crippen LogP contribution >= 0.6 is 11.6 Å². The van der Waals surface area contributed by atoms with Crippen molar-refractivity contribution in [2.75, 3.05) is 50.8 Å². The van der Waals surface area contributed by atoms with Gasteiger partial charge in [-0.1, -0.05) is 39.3 Å². The van der Waals surface area contributed by atoms with Gasteiger partial charge in [0.15, 0.2) is 0 Å². The number of pyridine rings is 1. The summed E-state index contributed by atoms with van der Waals surface area (Å²) in [7, 11) is 0. The van der Waals surface area contributed by atoms with Crippen molar-refractivity contribution >= 4 is 41.0 Å². The molecule has 1 aliphatic carbocycles. The molecule has 58 heavy (non-hydrogen) atoms. The molecule has 2 N–H and O–H groups in total. The van der Waals surface area contributed by atoms with Crippen LogP contribution in [0.5, 0.6) is 11.5 Å². The molecule has 6 rings (SSSR count). The highest BCUT2D eigenvalue weighted by atomic mass is 35.5. The largest absolute Gasteiger partial charge is 0.494 e. The average molecular weight is 812 g/mol. The van der Waals surface area contributed by atoms with Crippen molar-refractivity contribution in [3.05, 3.63) is 82.5 Å². The van der Waals surface area contributed by atoms with Gasteiger partial charge in [-0.05, 0) is 87.7 Å². The predicted molar refractivity (Wildman–Crippen MR) is 221 cm³/mol. The number of unbranched alkanes of at least 4 members (excludes halogenated alkanes) is 2. The molecule has 3 heterocycles. The molecule has 2 aliphatic heterocycles. The maximum atomic E-state index is 13.4. The Morgan fingerprint density at radius 3 is 2.28 bits per heavy atom. The number of nitriles is 1. The van der Waals surface area contributed by atoms with Crippen molar-refractivity contribution in [3.63, 3.8) is 0 Å². The van der Waals surface area contributed by atoms with Gasteiger partial charge >= 0.3 is 0 Å². The van der Waals surface area contributed by atoms with E-state index < -0.39 is 11.9 Å². The Morgan fingerprint density at radius 2 is 1.66 bits per heavy atom. The second kappa shape index (κ2) is 18.2. The standard InChI is InChI=1S/C44H54ClN7O6/c1-6-52(35-17-19-37(53)48-39(35)55)40(56)29-10-14-32(15-11-29)57-25-9-7-8-20-50-21-23-51(24-22-50)36-18-13-31(28-47-36)38(54)49-41-43(2,3)42(44(41,4)5)58-33-16-12-30(27-46)34(45)26-33/h10-16,18,26,28,35,41-42H,6-9,17,19-25H2,1-5H3,(H,49,54)(H,48,53,55)/t35-,41?,42?/m1/s1. The number of carbonyl (C=O) groups is 4. The second-order valence-corrected chi connectivity index (χ2v) is 16.9. The fraction of sp³-hybridized carbons (Fsp3) is 0.500. The summed E-state index contributed by atoms with van der Waals surface area (Å²) in [6.45, 7) is 15.7. The summed E-state index contributed by atoms with van der Waals surface area (Å²) in [4.78, 5) is 61.3. The molecule has 1 atom stereocenters.